The number of hydrogen-bond donors (Lipinski definition) is 3. The van der Waals surface area contributed by atoms with Crippen molar-refractivity contribution in [3.63, 3.8) is 0 Å². The molecule has 2 atom stereocenters. The topological polar surface area (TPSA) is 139 Å². The third-order valence-electron chi connectivity index (χ3n) is 2.49. The number of nitrogens with one attached hydrogen (secondary N) is 1. The van der Waals surface area contributed by atoms with Crippen molar-refractivity contribution in [2.24, 2.45) is 5.73 Å². The molecule has 20 heavy (non-hydrogen) atoms. The summed E-state index contributed by atoms with van der Waals surface area (Å²) in [5, 5.41) is 10.9. The molecule has 0 aliphatic carbocycles. The van der Waals surface area contributed by atoms with Gasteiger partial charge in [-0.25, -0.2) is 0 Å². The highest BCUT2D eigenvalue weighted by Crippen LogP contribution is 2.01. The van der Waals surface area contributed by atoms with Crippen LogP contribution in [0, 0.1) is 0 Å². The van der Waals surface area contributed by atoms with Gasteiger partial charge in [-0.2, -0.15) is 0 Å². The molecule has 0 bridgehead atoms. The third-order valence-corrected chi connectivity index (χ3v) is 2.49. The third kappa shape index (κ3) is 5.65. The van der Waals surface area contributed by atoms with E-state index in [0.29, 0.717) is 0 Å². The zero-order valence-corrected chi connectivity index (χ0v) is 11.6. The van der Waals surface area contributed by atoms with Crippen molar-refractivity contribution in [3.8, 4) is 0 Å². The van der Waals surface area contributed by atoms with Gasteiger partial charge in [-0.05, 0) is 13.8 Å². The van der Waals surface area contributed by atoms with Gasteiger partial charge in [0.15, 0.2) is 0 Å². The van der Waals surface area contributed by atoms with E-state index in [2.05, 4.69) is 10.1 Å². The molecule has 0 saturated carbocycles. The van der Waals surface area contributed by atoms with E-state index in [1.54, 1.807) is 0 Å². The Morgan fingerprint density at radius 1 is 1.30 bits per heavy atom. The number of carboxylic acid groups (broad SMARTS) is 1. The lowest BCUT2D eigenvalue weighted by molar-refractivity contribution is -0.146. The molecule has 2 unspecified atom stereocenters. The minimum Gasteiger partial charge on any atom is -0.480 e. The summed E-state index contributed by atoms with van der Waals surface area (Å²) in [6.45, 7) is 1.86. The molecule has 0 aromatic rings. The fraction of sp³-hybridized carbons (Fsp3) is 0.636. The fourth-order valence-corrected chi connectivity index (χ4v) is 1.35. The standard InChI is InChI=1S/C11H19N3O6/c1-6(11(18)19)13-10(17)7(2)14(4-8(12)15)9(16)5-20-3/h6-7H,4-5H2,1-3H3,(H2,12,15)(H,13,17)(H,18,19). The molecular formula is C11H19N3O6. The van der Waals surface area contributed by atoms with Crippen molar-refractivity contribution < 1.29 is 29.0 Å². The maximum absolute atomic E-state index is 11.8. The molecular weight excluding hydrogens is 270 g/mol. The number of carboxylic acids is 1. The predicted octanol–water partition coefficient (Wildman–Crippen LogP) is -2.08. The molecule has 0 radical (unpaired) electrons. The van der Waals surface area contributed by atoms with Gasteiger partial charge < -0.3 is 25.8 Å². The van der Waals surface area contributed by atoms with Crippen molar-refractivity contribution in [2.45, 2.75) is 25.9 Å². The molecule has 0 aliphatic heterocycles. The average Bonchev–Trinajstić information content (AvgIpc) is 2.34. The van der Waals surface area contributed by atoms with Gasteiger partial charge >= 0.3 is 5.97 Å². The second-order valence-electron chi connectivity index (χ2n) is 4.17. The quantitative estimate of drug-likeness (QED) is 0.469. The number of rotatable bonds is 8. The predicted molar refractivity (Wildman–Crippen MR) is 67.5 cm³/mol. The first-order chi connectivity index (χ1) is 9.20. The molecule has 0 fully saturated rings. The molecule has 0 rings (SSSR count). The normalized spacial score (nSPS) is 13.2. The first-order valence-electron chi connectivity index (χ1n) is 5.80. The number of carbonyl (C=O) groups excluding carboxylic acids is 3. The van der Waals surface area contributed by atoms with Crippen LogP contribution in [-0.4, -0.2) is 66.0 Å². The zero-order chi connectivity index (χ0) is 15.9. The van der Waals surface area contributed by atoms with Gasteiger partial charge in [0.2, 0.25) is 17.7 Å². The van der Waals surface area contributed by atoms with E-state index in [4.69, 9.17) is 10.8 Å². The van der Waals surface area contributed by atoms with Crippen molar-refractivity contribution in [1.29, 1.82) is 0 Å². The molecule has 4 N–H and O–H groups in total. The molecule has 114 valence electrons. The number of ether oxygens (including phenoxy) is 1. The summed E-state index contributed by atoms with van der Waals surface area (Å²) in [6.07, 6.45) is 0. The van der Waals surface area contributed by atoms with Crippen LogP contribution in [0.2, 0.25) is 0 Å². The minimum absolute atomic E-state index is 0.320. The monoisotopic (exact) mass is 289 g/mol. The number of aliphatic carboxylic acids is 1. The Bertz CT molecular complexity index is 398. The maximum atomic E-state index is 11.8. The Morgan fingerprint density at radius 3 is 2.25 bits per heavy atom. The summed E-state index contributed by atoms with van der Waals surface area (Å²) >= 11 is 0. The lowest BCUT2D eigenvalue weighted by Gasteiger charge is -2.27. The first-order valence-corrected chi connectivity index (χ1v) is 5.80. The van der Waals surface area contributed by atoms with Crippen molar-refractivity contribution in [3.05, 3.63) is 0 Å². The highest BCUT2D eigenvalue weighted by atomic mass is 16.5. The van der Waals surface area contributed by atoms with Crippen LogP contribution in [0.15, 0.2) is 0 Å². The molecule has 0 aromatic carbocycles. The number of methoxy groups -OCH3 is 1. The van der Waals surface area contributed by atoms with Gasteiger partial charge in [0, 0.05) is 7.11 Å². The Labute approximate surface area is 116 Å². The number of carbonyl (C=O) groups is 4. The second kappa shape index (κ2) is 8.10. The van der Waals surface area contributed by atoms with E-state index in [1.165, 1.54) is 21.0 Å². The molecule has 9 heteroatoms. The molecule has 0 heterocycles. The summed E-state index contributed by atoms with van der Waals surface area (Å²) < 4.78 is 4.65. The largest absolute Gasteiger partial charge is 0.480 e. The van der Waals surface area contributed by atoms with Crippen LogP contribution < -0.4 is 11.1 Å². The Kier molecular flexibility index (Phi) is 7.22. The lowest BCUT2D eigenvalue weighted by atomic mass is 10.2. The van der Waals surface area contributed by atoms with Crippen molar-refractivity contribution >= 4 is 23.7 Å². The van der Waals surface area contributed by atoms with Crippen LogP contribution in [-0.2, 0) is 23.9 Å². The molecule has 0 aliphatic rings. The van der Waals surface area contributed by atoms with E-state index in [-0.39, 0.29) is 6.61 Å². The van der Waals surface area contributed by atoms with E-state index in [1.807, 2.05) is 0 Å². The average molecular weight is 289 g/mol. The van der Waals surface area contributed by atoms with E-state index >= 15 is 0 Å². The maximum Gasteiger partial charge on any atom is 0.325 e. The van der Waals surface area contributed by atoms with Gasteiger partial charge in [-0.3, -0.25) is 19.2 Å². The summed E-state index contributed by atoms with van der Waals surface area (Å²) in [5.74, 6) is -3.31. The first kappa shape index (κ1) is 17.8. The van der Waals surface area contributed by atoms with Gasteiger partial charge in [0.25, 0.3) is 0 Å². The Hall–Kier alpha value is -2.16. The zero-order valence-electron chi connectivity index (χ0n) is 11.6. The van der Waals surface area contributed by atoms with Crippen LogP contribution in [0.25, 0.3) is 0 Å². The van der Waals surface area contributed by atoms with Crippen LogP contribution in [0.3, 0.4) is 0 Å². The van der Waals surface area contributed by atoms with Crippen molar-refractivity contribution in [1.82, 2.24) is 10.2 Å². The highest BCUT2D eigenvalue weighted by Gasteiger charge is 2.28. The minimum atomic E-state index is -1.21. The summed E-state index contributed by atoms with van der Waals surface area (Å²) in [4.78, 5) is 46.1. The van der Waals surface area contributed by atoms with Crippen molar-refractivity contribution in [2.75, 3.05) is 20.3 Å². The summed E-state index contributed by atoms with van der Waals surface area (Å²) in [6, 6.07) is -2.16. The van der Waals surface area contributed by atoms with E-state index in [0.717, 1.165) is 4.90 Å². The molecule has 3 amide bonds. The van der Waals surface area contributed by atoms with Gasteiger partial charge in [0.1, 0.15) is 25.2 Å². The SMILES string of the molecule is COCC(=O)N(CC(N)=O)C(C)C(=O)NC(C)C(=O)O. The van der Waals surface area contributed by atoms with E-state index < -0.39 is 42.3 Å². The van der Waals surface area contributed by atoms with E-state index in [9.17, 15) is 19.2 Å². The van der Waals surface area contributed by atoms with Crippen LogP contribution in [0.1, 0.15) is 13.8 Å². The lowest BCUT2D eigenvalue weighted by Crippen LogP contribution is -2.54. The molecule has 9 nitrogen and oxygen atoms in total. The Balaban J connectivity index is 4.88. The van der Waals surface area contributed by atoms with Crippen LogP contribution in [0.5, 0.6) is 0 Å². The summed E-state index contributed by atoms with van der Waals surface area (Å²) in [5.41, 5.74) is 5.02. The number of nitrogens with zero attached hydrogens (tertiary/aromatic N) is 1. The van der Waals surface area contributed by atoms with Gasteiger partial charge in [0.05, 0.1) is 0 Å². The molecule has 0 spiro atoms. The summed E-state index contributed by atoms with van der Waals surface area (Å²) in [7, 11) is 1.29. The smallest absolute Gasteiger partial charge is 0.325 e. The van der Waals surface area contributed by atoms with Crippen LogP contribution in [0.4, 0.5) is 0 Å². The second-order valence-corrected chi connectivity index (χ2v) is 4.17. The van der Waals surface area contributed by atoms with Crippen LogP contribution >= 0.6 is 0 Å². The molecule has 0 aromatic heterocycles. The number of amides is 3. The highest BCUT2D eigenvalue weighted by molar-refractivity contribution is 5.92. The number of nitrogens with two attached hydrogens (primary N) is 1. The fourth-order valence-electron chi connectivity index (χ4n) is 1.35. The molecule has 0 saturated heterocycles. The number of primary amides is 1. The Morgan fingerprint density at radius 2 is 1.85 bits per heavy atom. The van der Waals surface area contributed by atoms with Gasteiger partial charge in [-0.15, -0.1) is 0 Å². The number of hydrogen-bond acceptors (Lipinski definition) is 5. The van der Waals surface area contributed by atoms with Gasteiger partial charge in [-0.1, -0.05) is 0 Å².